The summed E-state index contributed by atoms with van der Waals surface area (Å²) in [6.07, 6.45) is 2.61. The first-order chi connectivity index (χ1) is 14.5. The molecule has 30 heavy (non-hydrogen) atoms. The van der Waals surface area contributed by atoms with E-state index in [2.05, 4.69) is 64.1 Å². The summed E-state index contributed by atoms with van der Waals surface area (Å²) in [6, 6.07) is 10.00. The first-order valence-corrected chi connectivity index (χ1v) is 10.5. The van der Waals surface area contributed by atoms with Crippen molar-refractivity contribution in [3.8, 4) is 17.2 Å². The maximum atomic E-state index is 12.5. The van der Waals surface area contributed by atoms with Crippen molar-refractivity contribution >= 4 is 17.4 Å². The summed E-state index contributed by atoms with van der Waals surface area (Å²) in [7, 11) is 1.87. The molecule has 3 N–H and O–H groups in total. The molecule has 2 heterocycles. The minimum absolute atomic E-state index is 0.00232. The van der Waals surface area contributed by atoms with Crippen LogP contribution in [0.5, 0.6) is 0 Å². The Bertz CT molecular complexity index is 876. The molecule has 8 nitrogen and oxygen atoms in total. The predicted octanol–water partition coefficient (Wildman–Crippen LogP) is 1.96. The van der Waals surface area contributed by atoms with Gasteiger partial charge >= 0.3 is 0 Å². The molecule has 1 aliphatic heterocycles. The number of carbonyl (C=O) groups is 1. The number of piperazine rings is 1. The average Bonchev–Trinajstić information content (AvgIpc) is 3.12. The predicted molar refractivity (Wildman–Crippen MR) is 119 cm³/mol. The van der Waals surface area contributed by atoms with Gasteiger partial charge in [-0.1, -0.05) is 26.0 Å². The molecule has 0 aliphatic carbocycles. The van der Waals surface area contributed by atoms with Crippen molar-refractivity contribution in [3.05, 3.63) is 30.5 Å². The number of benzene rings is 1. The number of aromatic nitrogens is 2. The van der Waals surface area contributed by atoms with E-state index in [0.717, 1.165) is 37.3 Å². The maximum absolute atomic E-state index is 12.5. The van der Waals surface area contributed by atoms with Crippen LogP contribution < -0.4 is 20.9 Å². The van der Waals surface area contributed by atoms with E-state index in [-0.39, 0.29) is 12.5 Å². The van der Waals surface area contributed by atoms with Gasteiger partial charge < -0.3 is 20.9 Å². The summed E-state index contributed by atoms with van der Waals surface area (Å²) >= 11 is 0. The van der Waals surface area contributed by atoms with Gasteiger partial charge in [-0.05, 0) is 30.0 Å². The Hall–Kier alpha value is -3.05. The Morgan fingerprint density at radius 3 is 2.60 bits per heavy atom. The zero-order chi connectivity index (χ0) is 21.5. The van der Waals surface area contributed by atoms with Gasteiger partial charge in [0.15, 0.2) is 5.82 Å². The van der Waals surface area contributed by atoms with Crippen LogP contribution in [0.4, 0.5) is 11.5 Å². The Balaban J connectivity index is 1.80. The minimum Gasteiger partial charge on any atom is -0.369 e. The van der Waals surface area contributed by atoms with Gasteiger partial charge in [-0.2, -0.15) is 10.4 Å². The Morgan fingerprint density at radius 1 is 1.27 bits per heavy atom. The monoisotopic (exact) mass is 409 g/mol. The number of anilines is 2. The number of nitriles is 1. The largest absolute Gasteiger partial charge is 0.369 e. The standard InChI is InChI=1S/C22H31N7O/c1-16(2)14-20(22(30)25-9-8-23)26-21-19(15-28(3)27-21)17-4-6-18(7-5-17)29-12-10-24-11-13-29/h4-7,15-16,20,24H,9-14H2,1-3H3,(H,25,30)(H,26,27). The summed E-state index contributed by atoms with van der Waals surface area (Å²) in [5.74, 6) is 0.807. The van der Waals surface area contributed by atoms with Crippen molar-refractivity contribution in [2.45, 2.75) is 26.3 Å². The molecule has 1 aliphatic rings. The van der Waals surface area contributed by atoms with Gasteiger partial charge in [0, 0.05) is 50.7 Å². The summed E-state index contributed by atoms with van der Waals surface area (Å²) in [5.41, 5.74) is 3.21. The second-order valence-electron chi connectivity index (χ2n) is 8.05. The van der Waals surface area contributed by atoms with Crippen LogP contribution in [0.3, 0.4) is 0 Å². The molecule has 8 heteroatoms. The van der Waals surface area contributed by atoms with E-state index in [1.54, 1.807) is 4.68 Å². The number of hydrogen-bond donors (Lipinski definition) is 3. The smallest absolute Gasteiger partial charge is 0.243 e. The van der Waals surface area contributed by atoms with Gasteiger partial charge in [-0.3, -0.25) is 9.48 Å². The molecule has 1 atom stereocenters. The molecule has 1 aromatic carbocycles. The third-order valence-corrected chi connectivity index (χ3v) is 5.17. The summed E-state index contributed by atoms with van der Waals surface area (Å²) in [4.78, 5) is 14.9. The first kappa shape index (κ1) is 21.7. The second kappa shape index (κ2) is 10.1. The SMILES string of the molecule is CC(C)CC(Nc1nn(C)cc1-c1ccc(N2CCNCC2)cc1)C(=O)NCC#N. The van der Waals surface area contributed by atoms with E-state index >= 15 is 0 Å². The van der Waals surface area contributed by atoms with E-state index in [0.29, 0.717) is 18.2 Å². The fourth-order valence-corrected chi connectivity index (χ4v) is 3.70. The molecule has 0 radical (unpaired) electrons. The first-order valence-electron chi connectivity index (χ1n) is 10.5. The van der Waals surface area contributed by atoms with Gasteiger partial charge in [0.05, 0.1) is 6.07 Å². The quantitative estimate of drug-likeness (QED) is 0.577. The van der Waals surface area contributed by atoms with E-state index in [9.17, 15) is 4.79 Å². The highest BCUT2D eigenvalue weighted by Crippen LogP contribution is 2.29. The number of rotatable bonds is 8. The molecular formula is C22H31N7O. The van der Waals surface area contributed by atoms with Crippen molar-refractivity contribution in [3.63, 3.8) is 0 Å². The number of aryl methyl sites for hydroxylation is 1. The van der Waals surface area contributed by atoms with Gasteiger partial charge in [-0.25, -0.2) is 0 Å². The molecule has 3 rings (SSSR count). The van der Waals surface area contributed by atoms with Crippen LogP contribution in [-0.4, -0.2) is 54.5 Å². The van der Waals surface area contributed by atoms with Gasteiger partial charge in [0.25, 0.3) is 0 Å². The lowest BCUT2D eigenvalue weighted by molar-refractivity contribution is -0.121. The zero-order valence-electron chi connectivity index (χ0n) is 18.0. The lowest BCUT2D eigenvalue weighted by atomic mass is 10.0. The fraction of sp³-hybridized carbons (Fsp3) is 0.500. The molecule has 0 spiro atoms. The van der Waals surface area contributed by atoms with E-state index < -0.39 is 6.04 Å². The number of nitrogens with one attached hydrogen (secondary N) is 3. The average molecular weight is 410 g/mol. The molecule has 160 valence electrons. The Morgan fingerprint density at radius 2 is 1.97 bits per heavy atom. The van der Waals surface area contributed by atoms with Crippen molar-refractivity contribution in [2.75, 3.05) is 42.9 Å². The molecule has 1 aromatic heterocycles. The molecular weight excluding hydrogens is 378 g/mol. The molecule has 1 unspecified atom stereocenters. The van der Waals surface area contributed by atoms with Crippen molar-refractivity contribution in [1.29, 1.82) is 5.26 Å². The third-order valence-electron chi connectivity index (χ3n) is 5.17. The molecule has 1 amide bonds. The minimum atomic E-state index is -0.452. The summed E-state index contributed by atoms with van der Waals surface area (Å²) in [6.45, 7) is 8.16. The molecule has 1 fully saturated rings. The molecule has 0 bridgehead atoms. The van der Waals surface area contributed by atoms with E-state index in [1.807, 2.05) is 19.3 Å². The van der Waals surface area contributed by atoms with Gasteiger partial charge in [0.1, 0.15) is 12.6 Å². The molecule has 2 aromatic rings. The Labute approximate surface area is 178 Å². The zero-order valence-corrected chi connectivity index (χ0v) is 18.0. The number of nitrogens with zero attached hydrogens (tertiary/aromatic N) is 4. The van der Waals surface area contributed by atoms with E-state index in [4.69, 9.17) is 5.26 Å². The van der Waals surface area contributed by atoms with Crippen LogP contribution in [0, 0.1) is 17.2 Å². The normalized spacial score (nSPS) is 15.0. The number of hydrogen-bond acceptors (Lipinski definition) is 6. The highest BCUT2D eigenvalue weighted by Gasteiger charge is 2.22. The van der Waals surface area contributed by atoms with Crippen molar-refractivity contribution in [1.82, 2.24) is 20.4 Å². The maximum Gasteiger partial charge on any atom is 0.243 e. The Kier molecular flexibility index (Phi) is 7.31. The van der Waals surface area contributed by atoms with Crippen LogP contribution in [0.15, 0.2) is 30.5 Å². The lowest BCUT2D eigenvalue weighted by Gasteiger charge is -2.29. The van der Waals surface area contributed by atoms with Crippen LogP contribution in [-0.2, 0) is 11.8 Å². The van der Waals surface area contributed by atoms with Crippen molar-refractivity contribution in [2.24, 2.45) is 13.0 Å². The van der Waals surface area contributed by atoms with E-state index in [1.165, 1.54) is 5.69 Å². The lowest BCUT2D eigenvalue weighted by Crippen LogP contribution is -2.43. The number of amides is 1. The van der Waals surface area contributed by atoms with Crippen LogP contribution >= 0.6 is 0 Å². The molecule has 0 saturated carbocycles. The molecule has 1 saturated heterocycles. The topological polar surface area (TPSA) is 98.0 Å². The highest BCUT2D eigenvalue weighted by molar-refractivity contribution is 5.86. The van der Waals surface area contributed by atoms with Gasteiger partial charge in [-0.15, -0.1) is 0 Å². The summed E-state index contributed by atoms with van der Waals surface area (Å²) in [5, 5.41) is 22.7. The van der Waals surface area contributed by atoms with Crippen LogP contribution in [0.1, 0.15) is 20.3 Å². The number of carbonyl (C=O) groups excluding carboxylic acids is 1. The summed E-state index contributed by atoms with van der Waals surface area (Å²) < 4.78 is 1.75. The van der Waals surface area contributed by atoms with Crippen LogP contribution in [0.25, 0.3) is 11.1 Å². The third kappa shape index (κ3) is 5.51. The van der Waals surface area contributed by atoms with Crippen LogP contribution in [0.2, 0.25) is 0 Å². The second-order valence-corrected chi connectivity index (χ2v) is 8.05. The van der Waals surface area contributed by atoms with Crippen molar-refractivity contribution < 1.29 is 4.79 Å². The highest BCUT2D eigenvalue weighted by atomic mass is 16.2. The fourth-order valence-electron chi connectivity index (χ4n) is 3.70. The van der Waals surface area contributed by atoms with Gasteiger partial charge in [0.2, 0.25) is 5.91 Å².